The topological polar surface area (TPSA) is 53.0 Å². The number of likely N-dealkylation sites (tertiary alicyclic amines) is 2. The van der Waals surface area contributed by atoms with Crippen LogP contribution in [0.15, 0.2) is 0 Å². The Morgan fingerprint density at radius 2 is 1.77 bits per heavy atom. The fourth-order valence-corrected chi connectivity index (χ4v) is 3.45. The van der Waals surface area contributed by atoms with E-state index in [2.05, 4.69) is 4.90 Å². The molecule has 0 saturated carbocycles. The Morgan fingerprint density at radius 1 is 1.14 bits per heavy atom. The van der Waals surface area contributed by atoms with Gasteiger partial charge in [-0.2, -0.15) is 0 Å². The van der Waals surface area contributed by atoms with Gasteiger partial charge in [0.25, 0.3) is 0 Å². The van der Waals surface area contributed by atoms with Crippen LogP contribution in [0.2, 0.25) is 0 Å². The number of rotatable bonds is 3. The third kappa shape index (κ3) is 5.13. The van der Waals surface area contributed by atoms with Crippen LogP contribution < -0.4 is 0 Å². The lowest BCUT2D eigenvalue weighted by atomic mass is 9.80. The van der Waals surface area contributed by atoms with E-state index in [4.69, 9.17) is 4.74 Å². The molecule has 5 nitrogen and oxygen atoms in total. The number of aliphatic hydroxyl groups is 1. The fraction of sp³-hybridized carbons (Fsp3) is 0.941. The monoisotopic (exact) mass is 312 g/mol. The van der Waals surface area contributed by atoms with Crippen molar-refractivity contribution < 1.29 is 14.6 Å². The number of β-amino-alcohol motifs (C(OH)–C–C–N with tert-alkyl or cyclic N) is 1. The van der Waals surface area contributed by atoms with E-state index in [1.165, 1.54) is 12.8 Å². The van der Waals surface area contributed by atoms with Crippen molar-refractivity contribution in [3.63, 3.8) is 0 Å². The van der Waals surface area contributed by atoms with Gasteiger partial charge in [0.1, 0.15) is 5.60 Å². The molecule has 1 unspecified atom stereocenters. The summed E-state index contributed by atoms with van der Waals surface area (Å²) >= 11 is 0. The Bertz CT molecular complexity index is 392. The van der Waals surface area contributed by atoms with Crippen LogP contribution in [0.4, 0.5) is 4.79 Å². The Labute approximate surface area is 134 Å². The first kappa shape index (κ1) is 17.5. The van der Waals surface area contributed by atoms with Gasteiger partial charge in [0.15, 0.2) is 0 Å². The van der Waals surface area contributed by atoms with E-state index in [9.17, 15) is 9.90 Å². The van der Waals surface area contributed by atoms with Crippen molar-refractivity contribution in [3.8, 4) is 0 Å². The lowest BCUT2D eigenvalue weighted by Gasteiger charge is -2.47. The predicted molar refractivity (Wildman–Crippen MR) is 86.8 cm³/mol. The van der Waals surface area contributed by atoms with Crippen molar-refractivity contribution in [2.24, 2.45) is 11.8 Å². The van der Waals surface area contributed by atoms with Gasteiger partial charge in [-0.3, -0.25) is 0 Å². The van der Waals surface area contributed by atoms with Crippen LogP contribution in [0.3, 0.4) is 0 Å². The van der Waals surface area contributed by atoms with Gasteiger partial charge in [-0.1, -0.05) is 0 Å². The zero-order chi connectivity index (χ0) is 16.5. The lowest BCUT2D eigenvalue weighted by molar-refractivity contribution is -0.0278. The van der Waals surface area contributed by atoms with Crippen molar-refractivity contribution in [2.45, 2.75) is 58.7 Å². The summed E-state index contributed by atoms with van der Waals surface area (Å²) in [5, 5.41) is 9.98. The summed E-state index contributed by atoms with van der Waals surface area (Å²) in [6, 6.07) is 0. The molecule has 0 spiro atoms. The summed E-state index contributed by atoms with van der Waals surface area (Å²) in [5.74, 6) is 1.21. The molecule has 1 atom stereocenters. The molecular formula is C17H32N2O3. The van der Waals surface area contributed by atoms with E-state index in [0.717, 1.165) is 32.7 Å². The van der Waals surface area contributed by atoms with Gasteiger partial charge < -0.3 is 19.6 Å². The molecule has 0 aromatic rings. The van der Waals surface area contributed by atoms with E-state index in [1.54, 1.807) is 0 Å². The maximum Gasteiger partial charge on any atom is 0.410 e. The lowest BCUT2D eigenvalue weighted by Crippen LogP contribution is -2.56. The van der Waals surface area contributed by atoms with E-state index in [0.29, 0.717) is 11.8 Å². The number of hydrogen-bond acceptors (Lipinski definition) is 4. The van der Waals surface area contributed by atoms with E-state index in [1.807, 2.05) is 39.5 Å². The Hall–Kier alpha value is -0.810. The number of hydrogen-bond donors (Lipinski definition) is 1. The summed E-state index contributed by atoms with van der Waals surface area (Å²) in [5.41, 5.74) is -1.05. The Balaban J connectivity index is 1.77. The number of carbonyl (C=O) groups excluding carboxylic acids is 1. The second-order valence-electron chi connectivity index (χ2n) is 8.60. The van der Waals surface area contributed by atoms with Crippen molar-refractivity contribution in [1.82, 2.24) is 9.80 Å². The van der Waals surface area contributed by atoms with Gasteiger partial charge in [-0.05, 0) is 65.8 Å². The van der Waals surface area contributed by atoms with Crippen LogP contribution in [0.25, 0.3) is 0 Å². The predicted octanol–water partition coefficient (Wildman–Crippen LogP) is 2.34. The molecule has 2 fully saturated rings. The maximum atomic E-state index is 12.0. The minimum atomic E-state index is -0.635. The molecule has 1 amide bonds. The number of piperidine rings is 1. The molecule has 5 heteroatoms. The summed E-state index contributed by atoms with van der Waals surface area (Å²) in [6.45, 7) is 13.9. The molecule has 0 bridgehead atoms. The first-order valence-corrected chi connectivity index (χ1v) is 8.46. The molecule has 0 radical (unpaired) electrons. The van der Waals surface area contributed by atoms with Crippen LogP contribution in [0.5, 0.6) is 0 Å². The van der Waals surface area contributed by atoms with Crippen molar-refractivity contribution >= 4 is 6.09 Å². The summed E-state index contributed by atoms with van der Waals surface area (Å²) in [7, 11) is 0. The van der Waals surface area contributed by atoms with Gasteiger partial charge in [-0.25, -0.2) is 4.79 Å². The van der Waals surface area contributed by atoms with Gasteiger partial charge >= 0.3 is 6.09 Å². The largest absolute Gasteiger partial charge is 0.444 e. The minimum absolute atomic E-state index is 0.187. The van der Waals surface area contributed by atoms with Crippen molar-refractivity contribution in [2.75, 3.05) is 32.7 Å². The normalized spacial score (nSPS) is 25.0. The van der Waals surface area contributed by atoms with Gasteiger partial charge in [-0.15, -0.1) is 0 Å². The second kappa shape index (κ2) is 6.36. The Morgan fingerprint density at radius 3 is 2.32 bits per heavy atom. The van der Waals surface area contributed by atoms with Gasteiger partial charge in [0.05, 0.1) is 5.60 Å². The molecule has 128 valence electrons. The average Bonchev–Trinajstić information content (AvgIpc) is 2.21. The number of nitrogens with zero attached hydrogens (tertiary/aromatic N) is 2. The highest BCUT2D eigenvalue weighted by Crippen LogP contribution is 2.32. The smallest absolute Gasteiger partial charge is 0.410 e. The molecule has 2 heterocycles. The van der Waals surface area contributed by atoms with Crippen LogP contribution in [0, 0.1) is 11.8 Å². The van der Waals surface area contributed by atoms with Crippen LogP contribution in [-0.4, -0.2) is 64.9 Å². The Kier molecular flexibility index (Phi) is 5.07. The molecule has 2 saturated heterocycles. The molecule has 2 rings (SSSR count). The highest BCUT2D eigenvalue weighted by Gasteiger charge is 2.39. The molecule has 0 aromatic heterocycles. The second-order valence-corrected chi connectivity index (χ2v) is 8.60. The first-order valence-electron chi connectivity index (χ1n) is 8.46. The fourth-order valence-electron chi connectivity index (χ4n) is 3.45. The summed E-state index contributed by atoms with van der Waals surface area (Å²) in [6.07, 6.45) is 2.23. The van der Waals surface area contributed by atoms with Crippen LogP contribution in [0.1, 0.15) is 47.5 Å². The van der Waals surface area contributed by atoms with E-state index in [-0.39, 0.29) is 6.09 Å². The molecule has 22 heavy (non-hydrogen) atoms. The van der Waals surface area contributed by atoms with Crippen molar-refractivity contribution in [1.29, 1.82) is 0 Å². The highest BCUT2D eigenvalue weighted by molar-refractivity contribution is 5.69. The number of amides is 1. The highest BCUT2D eigenvalue weighted by atomic mass is 16.6. The number of ether oxygens (including phenoxy) is 1. The van der Waals surface area contributed by atoms with Gasteiger partial charge in [0, 0.05) is 26.2 Å². The van der Waals surface area contributed by atoms with E-state index >= 15 is 0 Å². The van der Waals surface area contributed by atoms with Crippen LogP contribution >= 0.6 is 0 Å². The molecular weight excluding hydrogens is 280 g/mol. The summed E-state index contributed by atoms with van der Waals surface area (Å²) in [4.78, 5) is 16.2. The zero-order valence-corrected chi connectivity index (χ0v) is 14.8. The third-order valence-corrected chi connectivity index (χ3v) is 4.38. The molecule has 1 N–H and O–H groups in total. The summed E-state index contributed by atoms with van der Waals surface area (Å²) < 4.78 is 5.41. The first-order chi connectivity index (χ1) is 10.0. The minimum Gasteiger partial charge on any atom is -0.444 e. The molecule has 2 aliphatic rings. The molecule has 2 aliphatic heterocycles. The van der Waals surface area contributed by atoms with Crippen molar-refractivity contribution in [3.05, 3.63) is 0 Å². The average molecular weight is 312 g/mol. The van der Waals surface area contributed by atoms with Gasteiger partial charge in [0.2, 0.25) is 0 Å². The van der Waals surface area contributed by atoms with E-state index < -0.39 is 11.2 Å². The zero-order valence-electron chi connectivity index (χ0n) is 14.8. The molecule has 0 aromatic carbocycles. The standard InChI is InChI=1S/C17H32N2O3/c1-16(2,3)22-15(20)19-10-14(11-19)13-7-6-8-18(9-13)12-17(4,5)21/h13-14,21H,6-12H2,1-5H3. The maximum absolute atomic E-state index is 12.0. The quantitative estimate of drug-likeness (QED) is 0.869. The third-order valence-electron chi connectivity index (χ3n) is 4.38. The van der Waals surface area contributed by atoms with Crippen LogP contribution in [-0.2, 0) is 4.74 Å². The number of carbonyl (C=O) groups is 1. The SMILES string of the molecule is CC(C)(O)CN1CCCC(C2CN(C(=O)OC(C)(C)C)C2)C1. The molecule has 0 aliphatic carbocycles.